The minimum atomic E-state index is -4.04. The van der Waals surface area contributed by atoms with Crippen LogP contribution >= 0.6 is 11.6 Å². The fourth-order valence-corrected chi connectivity index (χ4v) is 1.83. The molecule has 6 heteroatoms. The molecular formula is C8H8ClNO3S. The van der Waals surface area contributed by atoms with Gasteiger partial charge in [0, 0.05) is 5.02 Å². The van der Waals surface area contributed by atoms with E-state index in [4.69, 9.17) is 17.3 Å². The van der Waals surface area contributed by atoms with Crippen LogP contribution in [0.4, 0.5) is 4.79 Å². The van der Waals surface area contributed by atoms with Crippen molar-refractivity contribution < 1.29 is 13.2 Å². The Bertz CT molecular complexity index is 481. The van der Waals surface area contributed by atoms with E-state index in [9.17, 15) is 13.2 Å². The number of amides is 1. The van der Waals surface area contributed by atoms with E-state index in [1.54, 1.807) is 6.92 Å². The second kappa shape index (κ2) is 3.59. The number of carbonyl (C=O) groups excluding carboxylic acids is 1. The Balaban J connectivity index is 3.36. The first-order valence-electron chi connectivity index (χ1n) is 3.66. The summed E-state index contributed by atoms with van der Waals surface area (Å²) in [7, 11) is -4.04. The highest BCUT2D eigenvalue weighted by Crippen LogP contribution is 2.20. The summed E-state index contributed by atoms with van der Waals surface area (Å²) < 4.78 is 22.6. The molecule has 0 atom stereocenters. The van der Waals surface area contributed by atoms with Crippen molar-refractivity contribution in [2.45, 2.75) is 11.8 Å². The minimum absolute atomic E-state index is 0.132. The Kier molecular flexibility index (Phi) is 2.82. The first-order valence-corrected chi connectivity index (χ1v) is 5.52. The second-order valence-electron chi connectivity index (χ2n) is 2.73. The fourth-order valence-electron chi connectivity index (χ4n) is 0.900. The van der Waals surface area contributed by atoms with Gasteiger partial charge in [0.05, 0.1) is 4.90 Å². The number of hydrogen-bond acceptors (Lipinski definition) is 3. The highest BCUT2D eigenvalue weighted by molar-refractivity contribution is 8.06. The Hall–Kier alpha value is -1.07. The van der Waals surface area contributed by atoms with Crippen molar-refractivity contribution in [2.75, 3.05) is 0 Å². The van der Waals surface area contributed by atoms with Gasteiger partial charge in [0.2, 0.25) is 0 Å². The van der Waals surface area contributed by atoms with E-state index >= 15 is 0 Å². The molecule has 4 nitrogen and oxygen atoms in total. The number of nitrogens with two attached hydrogens (primary N) is 1. The van der Waals surface area contributed by atoms with Crippen LogP contribution in [0.15, 0.2) is 23.1 Å². The number of rotatable bonds is 1. The second-order valence-corrected chi connectivity index (χ2v) is 5.02. The predicted octanol–water partition coefficient (Wildman–Crippen LogP) is 1.50. The summed E-state index contributed by atoms with van der Waals surface area (Å²) >= 11 is 5.70. The summed E-state index contributed by atoms with van der Waals surface area (Å²) in [6.45, 7) is 1.64. The molecule has 2 N–H and O–H groups in total. The van der Waals surface area contributed by atoms with Crippen LogP contribution in [0.2, 0.25) is 5.02 Å². The third-order valence-electron chi connectivity index (χ3n) is 1.70. The average molecular weight is 234 g/mol. The smallest absolute Gasteiger partial charge is 0.338 e. The lowest BCUT2D eigenvalue weighted by atomic mass is 10.2. The SMILES string of the molecule is Cc1cc(S(=O)(=O)C(N)=O)ccc1Cl. The number of benzene rings is 1. The summed E-state index contributed by atoms with van der Waals surface area (Å²) in [5, 5.41) is -0.923. The molecule has 14 heavy (non-hydrogen) atoms. The van der Waals surface area contributed by atoms with Gasteiger partial charge in [-0.15, -0.1) is 0 Å². The summed E-state index contributed by atoms with van der Waals surface area (Å²) in [5.41, 5.74) is 5.31. The van der Waals surface area contributed by atoms with Gasteiger partial charge >= 0.3 is 5.24 Å². The molecule has 0 bridgehead atoms. The molecular weight excluding hydrogens is 226 g/mol. The van der Waals surface area contributed by atoms with Gasteiger partial charge in [-0.05, 0) is 30.7 Å². The molecule has 0 aliphatic heterocycles. The molecule has 0 heterocycles. The maximum atomic E-state index is 11.3. The summed E-state index contributed by atoms with van der Waals surface area (Å²) in [5.74, 6) is 0. The Morgan fingerprint density at radius 3 is 2.43 bits per heavy atom. The van der Waals surface area contributed by atoms with Crippen molar-refractivity contribution in [3.8, 4) is 0 Å². The lowest BCUT2D eigenvalue weighted by molar-refractivity contribution is 0.265. The Morgan fingerprint density at radius 2 is 2.00 bits per heavy atom. The molecule has 0 radical (unpaired) electrons. The van der Waals surface area contributed by atoms with E-state index in [1.165, 1.54) is 18.2 Å². The zero-order valence-corrected chi connectivity index (χ0v) is 8.89. The van der Waals surface area contributed by atoms with Gasteiger partial charge < -0.3 is 5.73 Å². The van der Waals surface area contributed by atoms with Crippen LogP contribution in [0.5, 0.6) is 0 Å². The van der Waals surface area contributed by atoms with Gasteiger partial charge in [-0.3, -0.25) is 4.79 Å². The zero-order chi connectivity index (χ0) is 10.9. The molecule has 0 aromatic heterocycles. The standard InChI is InChI=1S/C8H8ClNO3S/c1-5-4-6(2-3-7(5)9)14(12,13)8(10)11/h2-4H,1H3,(H2,10,11). The molecule has 0 fully saturated rings. The van der Waals surface area contributed by atoms with Crippen LogP contribution in [-0.4, -0.2) is 13.7 Å². The van der Waals surface area contributed by atoms with E-state index in [0.29, 0.717) is 10.6 Å². The molecule has 0 spiro atoms. The number of halogens is 1. The van der Waals surface area contributed by atoms with Gasteiger partial charge in [0.15, 0.2) is 0 Å². The Labute approximate surface area is 86.6 Å². The summed E-state index contributed by atoms with van der Waals surface area (Å²) in [6.07, 6.45) is 0. The largest absolute Gasteiger partial charge is 0.356 e. The molecule has 1 aromatic carbocycles. The van der Waals surface area contributed by atoms with Crippen LogP contribution in [0, 0.1) is 6.92 Å². The molecule has 0 aliphatic rings. The van der Waals surface area contributed by atoms with Crippen molar-refractivity contribution in [3.05, 3.63) is 28.8 Å². The number of hydrogen-bond donors (Lipinski definition) is 1. The van der Waals surface area contributed by atoms with E-state index in [1.807, 2.05) is 0 Å². The van der Waals surface area contributed by atoms with Gasteiger partial charge in [0.25, 0.3) is 9.84 Å². The molecule has 1 amide bonds. The van der Waals surface area contributed by atoms with Crippen LogP contribution in [0.3, 0.4) is 0 Å². The van der Waals surface area contributed by atoms with Crippen LogP contribution in [0.1, 0.15) is 5.56 Å². The average Bonchev–Trinajstić information content (AvgIpc) is 2.09. The number of carbonyl (C=O) groups is 1. The predicted molar refractivity (Wildman–Crippen MR) is 53.0 cm³/mol. The van der Waals surface area contributed by atoms with Crippen molar-refractivity contribution >= 4 is 26.7 Å². The molecule has 0 saturated heterocycles. The van der Waals surface area contributed by atoms with Crippen LogP contribution in [0.25, 0.3) is 0 Å². The van der Waals surface area contributed by atoms with Gasteiger partial charge in [-0.2, -0.15) is 0 Å². The highest BCUT2D eigenvalue weighted by Gasteiger charge is 2.21. The van der Waals surface area contributed by atoms with Crippen molar-refractivity contribution in [2.24, 2.45) is 5.73 Å². The monoisotopic (exact) mass is 233 g/mol. The summed E-state index contributed by atoms with van der Waals surface area (Å²) in [4.78, 5) is 10.5. The molecule has 0 aliphatic carbocycles. The van der Waals surface area contributed by atoms with E-state index in [-0.39, 0.29) is 4.90 Å². The minimum Gasteiger partial charge on any atom is -0.356 e. The van der Waals surface area contributed by atoms with Crippen LogP contribution in [-0.2, 0) is 9.84 Å². The molecule has 1 rings (SSSR count). The first kappa shape index (κ1) is 11.0. The van der Waals surface area contributed by atoms with Crippen molar-refractivity contribution in [1.29, 1.82) is 0 Å². The topological polar surface area (TPSA) is 77.2 Å². The maximum absolute atomic E-state index is 11.3. The van der Waals surface area contributed by atoms with Crippen molar-refractivity contribution in [1.82, 2.24) is 0 Å². The van der Waals surface area contributed by atoms with Crippen LogP contribution < -0.4 is 5.73 Å². The highest BCUT2D eigenvalue weighted by atomic mass is 35.5. The maximum Gasteiger partial charge on any atom is 0.338 e. The van der Waals surface area contributed by atoms with Gasteiger partial charge in [0.1, 0.15) is 0 Å². The fraction of sp³-hybridized carbons (Fsp3) is 0.125. The van der Waals surface area contributed by atoms with Crippen molar-refractivity contribution in [3.63, 3.8) is 0 Å². The van der Waals surface area contributed by atoms with E-state index in [0.717, 1.165) is 0 Å². The quantitative estimate of drug-likeness (QED) is 0.799. The molecule has 1 aromatic rings. The lowest BCUT2D eigenvalue weighted by Gasteiger charge is -2.02. The number of primary amides is 1. The molecule has 0 saturated carbocycles. The van der Waals surface area contributed by atoms with E-state index in [2.05, 4.69) is 0 Å². The number of sulfone groups is 1. The Morgan fingerprint density at radius 1 is 1.43 bits per heavy atom. The van der Waals surface area contributed by atoms with E-state index < -0.39 is 15.1 Å². The summed E-state index contributed by atoms with van der Waals surface area (Å²) in [6, 6.07) is 3.96. The third-order valence-corrected chi connectivity index (χ3v) is 3.53. The third kappa shape index (κ3) is 1.88. The zero-order valence-electron chi connectivity index (χ0n) is 7.32. The normalized spacial score (nSPS) is 11.3. The number of aryl methyl sites for hydroxylation is 1. The molecule has 76 valence electrons. The lowest BCUT2D eigenvalue weighted by Crippen LogP contribution is -2.21. The first-order chi connectivity index (χ1) is 6.35. The molecule has 0 unspecified atom stereocenters. The van der Waals surface area contributed by atoms with Gasteiger partial charge in [-0.25, -0.2) is 8.42 Å². The van der Waals surface area contributed by atoms with Gasteiger partial charge in [-0.1, -0.05) is 11.6 Å².